The van der Waals surface area contributed by atoms with Gasteiger partial charge < -0.3 is 10.2 Å². The van der Waals surface area contributed by atoms with Crippen molar-refractivity contribution in [3.63, 3.8) is 0 Å². The van der Waals surface area contributed by atoms with Crippen molar-refractivity contribution in [1.82, 2.24) is 25.0 Å². The molecule has 0 aromatic carbocycles. The van der Waals surface area contributed by atoms with E-state index in [1.165, 1.54) is 9.58 Å². The van der Waals surface area contributed by atoms with Crippen LogP contribution in [-0.2, 0) is 4.79 Å². The van der Waals surface area contributed by atoms with Gasteiger partial charge in [-0.05, 0) is 40.9 Å². The Morgan fingerprint density at radius 1 is 1.42 bits per heavy atom. The molecule has 7 nitrogen and oxygen atoms in total. The van der Waals surface area contributed by atoms with Gasteiger partial charge in [0, 0.05) is 26.4 Å². The van der Waals surface area contributed by atoms with Crippen molar-refractivity contribution in [2.24, 2.45) is 0 Å². The van der Waals surface area contributed by atoms with Gasteiger partial charge >= 0.3 is 0 Å². The Labute approximate surface area is 152 Å². The Morgan fingerprint density at radius 2 is 2.12 bits per heavy atom. The van der Waals surface area contributed by atoms with Crippen molar-refractivity contribution in [3.05, 3.63) is 39.7 Å². The molecule has 24 heavy (non-hydrogen) atoms. The van der Waals surface area contributed by atoms with Crippen LogP contribution in [0, 0.1) is 0 Å². The molecule has 9 heteroatoms. The lowest BCUT2D eigenvalue weighted by Gasteiger charge is -2.21. The second-order valence-electron chi connectivity index (χ2n) is 5.81. The molecular formula is C15H15BrClN5O2. The summed E-state index contributed by atoms with van der Waals surface area (Å²) in [5.41, 5.74) is -0.573. The number of nitrogens with one attached hydrogen (secondary N) is 1. The minimum atomic E-state index is -0.823. The van der Waals surface area contributed by atoms with Crippen LogP contribution < -0.4 is 5.32 Å². The minimum absolute atomic E-state index is 0.114. The van der Waals surface area contributed by atoms with E-state index in [-0.39, 0.29) is 11.6 Å². The number of amides is 2. The van der Waals surface area contributed by atoms with E-state index in [1.54, 1.807) is 38.5 Å². The van der Waals surface area contributed by atoms with Crippen LogP contribution in [0.4, 0.5) is 0 Å². The van der Waals surface area contributed by atoms with Gasteiger partial charge in [-0.25, -0.2) is 9.67 Å². The van der Waals surface area contributed by atoms with E-state index in [1.807, 2.05) is 0 Å². The van der Waals surface area contributed by atoms with E-state index in [4.69, 9.17) is 11.6 Å². The van der Waals surface area contributed by atoms with Crippen molar-refractivity contribution in [3.8, 4) is 5.82 Å². The van der Waals surface area contributed by atoms with Crippen LogP contribution in [0.3, 0.4) is 0 Å². The van der Waals surface area contributed by atoms with Gasteiger partial charge in [0.15, 0.2) is 5.82 Å². The average molecular weight is 413 g/mol. The Morgan fingerprint density at radius 3 is 2.71 bits per heavy atom. The summed E-state index contributed by atoms with van der Waals surface area (Å²) in [4.78, 5) is 30.6. The maximum absolute atomic E-state index is 12.7. The van der Waals surface area contributed by atoms with Crippen LogP contribution in [0.25, 0.3) is 5.82 Å². The first-order valence-electron chi connectivity index (χ1n) is 7.25. The van der Waals surface area contributed by atoms with Gasteiger partial charge in [0.1, 0.15) is 15.8 Å². The first kappa shape index (κ1) is 16.9. The Bertz CT molecular complexity index is 816. The largest absolute Gasteiger partial charge is 0.347 e. The van der Waals surface area contributed by atoms with Crippen molar-refractivity contribution in [1.29, 1.82) is 0 Å². The van der Waals surface area contributed by atoms with E-state index in [2.05, 4.69) is 31.3 Å². The van der Waals surface area contributed by atoms with Crippen LogP contribution >= 0.6 is 27.5 Å². The van der Waals surface area contributed by atoms with E-state index in [0.717, 1.165) is 0 Å². The summed E-state index contributed by atoms with van der Waals surface area (Å²) in [5.74, 6) is -0.168. The van der Waals surface area contributed by atoms with E-state index in [9.17, 15) is 9.59 Å². The summed E-state index contributed by atoms with van der Waals surface area (Å²) in [6.45, 7) is 0. The molecule has 1 aliphatic rings. The lowest BCUT2D eigenvalue weighted by molar-refractivity contribution is -0.131. The first-order valence-corrected chi connectivity index (χ1v) is 8.42. The molecule has 0 unspecified atom stereocenters. The standard InChI is InChI=1S/C15H15BrClN5O2/c1-21(2)14(24)15(5-6-15)19-13(23)10-8-11(16)20-22(10)12-9(17)4-3-7-18-12/h3-4,7-8H,5-6H2,1-2H3,(H,19,23). The molecule has 2 heterocycles. The molecule has 2 amide bonds. The normalized spacial score (nSPS) is 15.0. The van der Waals surface area contributed by atoms with Gasteiger partial charge in [0.25, 0.3) is 5.91 Å². The number of hydrogen-bond acceptors (Lipinski definition) is 4. The lowest BCUT2D eigenvalue weighted by atomic mass is 10.2. The third-order valence-electron chi connectivity index (χ3n) is 3.77. The predicted octanol–water partition coefficient (Wildman–Crippen LogP) is 2.03. The summed E-state index contributed by atoms with van der Waals surface area (Å²) in [7, 11) is 3.34. The minimum Gasteiger partial charge on any atom is -0.347 e. The third-order valence-corrected chi connectivity index (χ3v) is 4.45. The van der Waals surface area contributed by atoms with Crippen molar-refractivity contribution in [2.45, 2.75) is 18.4 Å². The van der Waals surface area contributed by atoms with Crippen LogP contribution in [0.5, 0.6) is 0 Å². The molecule has 126 valence electrons. The zero-order valence-electron chi connectivity index (χ0n) is 13.1. The molecule has 3 rings (SSSR count). The summed E-state index contributed by atoms with van der Waals surface area (Å²) in [6, 6.07) is 4.93. The Balaban J connectivity index is 1.92. The van der Waals surface area contributed by atoms with Crippen molar-refractivity contribution >= 4 is 39.3 Å². The van der Waals surface area contributed by atoms with E-state index in [0.29, 0.717) is 28.3 Å². The fourth-order valence-electron chi connectivity index (χ4n) is 2.44. The Hall–Kier alpha value is -1.93. The zero-order valence-corrected chi connectivity index (χ0v) is 15.4. The summed E-state index contributed by atoms with van der Waals surface area (Å²) >= 11 is 9.41. The number of halogens is 2. The highest BCUT2D eigenvalue weighted by molar-refractivity contribution is 9.10. The number of rotatable bonds is 4. The Kier molecular flexibility index (Phi) is 4.35. The highest BCUT2D eigenvalue weighted by Crippen LogP contribution is 2.37. The van der Waals surface area contributed by atoms with Crippen LogP contribution in [-0.4, -0.2) is 51.1 Å². The number of carbonyl (C=O) groups is 2. The fourth-order valence-corrected chi connectivity index (χ4v) is 3.01. The monoisotopic (exact) mass is 411 g/mol. The highest BCUT2D eigenvalue weighted by atomic mass is 79.9. The molecule has 2 aromatic rings. The molecule has 0 aliphatic heterocycles. The molecule has 2 aromatic heterocycles. The molecule has 1 fully saturated rings. The molecule has 1 N–H and O–H groups in total. The average Bonchev–Trinajstić information content (AvgIpc) is 3.21. The van der Waals surface area contributed by atoms with E-state index >= 15 is 0 Å². The van der Waals surface area contributed by atoms with Gasteiger partial charge in [-0.15, -0.1) is 0 Å². The number of aromatic nitrogens is 3. The van der Waals surface area contributed by atoms with Crippen LogP contribution in [0.1, 0.15) is 23.3 Å². The molecule has 0 atom stereocenters. The van der Waals surface area contributed by atoms with Crippen molar-refractivity contribution in [2.75, 3.05) is 14.1 Å². The van der Waals surface area contributed by atoms with Crippen LogP contribution in [0.2, 0.25) is 5.02 Å². The second kappa shape index (κ2) is 6.18. The van der Waals surface area contributed by atoms with Gasteiger partial charge in [-0.3, -0.25) is 9.59 Å². The highest BCUT2D eigenvalue weighted by Gasteiger charge is 2.52. The van der Waals surface area contributed by atoms with Gasteiger partial charge in [-0.2, -0.15) is 5.10 Å². The topological polar surface area (TPSA) is 80.1 Å². The van der Waals surface area contributed by atoms with E-state index < -0.39 is 11.4 Å². The number of nitrogens with zero attached hydrogens (tertiary/aromatic N) is 4. The molecule has 0 saturated heterocycles. The molecule has 0 radical (unpaired) electrons. The quantitative estimate of drug-likeness (QED) is 0.833. The number of pyridine rings is 1. The first-order chi connectivity index (χ1) is 11.3. The smallest absolute Gasteiger partial charge is 0.270 e. The number of likely N-dealkylation sites (N-methyl/N-ethyl adjacent to an activating group) is 1. The van der Waals surface area contributed by atoms with Crippen LogP contribution in [0.15, 0.2) is 29.0 Å². The summed E-state index contributed by atoms with van der Waals surface area (Å²) in [5, 5.41) is 7.42. The zero-order chi connectivity index (χ0) is 17.5. The molecule has 1 saturated carbocycles. The number of carbonyl (C=O) groups excluding carboxylic acids is 2. The van der Waals surface area contributed by atoms with Gasteiger partial charge in [0.05, 0.1) is 5.02 Å². The summed E-state index contributed by atoms with van der Waals surface area (Å²) in [6.07, 6.45) is 2.81. The lowest BCUT2D eigenvalue weighted by Crippen LogP contribution is -2.48. The molecule has 0 spiro atoms. The molecular weight excluding hydrogens is 398 g/mol. The molecule has 1 aliphatic carbocycles. The second-order valence-corrected chi connectivity index (χ2v) is 7.03. The molecule has 0 bridgehead atoms. The third kappa shape index (κ3) is 3.03. The van der Waals surface area contributed by atoms with Crippen molar-refractivity contribution < 1.29 is 9.59 Å². The fraction of sp³-hybridized carbons (Fsp3) is 0.333. The maximum atomic E-state index is 12.7. The summed E-state index contributed by atoms with van der Waals surface area (Å²) < 4.78 is 1.83. The maximum Gasteiger partial charge on any atom is 0.270 e. The van der Waals surface area contributed by atoms with Gasteiger partial charge in [-0.1, -0.05) is 11.6 Å². The van der Waals surface area contributed by atoms with Gasteiger partial charge in [0.2, 0.25) is 5.91 Å². The SMILES string of the molecule is CN(C)C(=O)C1(NC(=O)c2cc(Br)nn2-c2ncccc2Cl)CC1. The predicted molar refractivity (Wildman–Crippen MR) is 92.2 cm³/mol. The number of hydrogen-bond donors (Lipinski definition) is 1.